The average Bonchev–Trinajstić information content (AvgIpc) is 3.66. The second-order valence-corrected chi connectivity index (χ2v) is 13.1. The lowest BCUT2D eigenvalue weighted by atomic mass is 9.77. The van der Waals surface area contributed by atoms with Gasteiger partial charge in [-0.3, -0.25) is 23.4 Å². The zero-order chi connectivity index (χ0) is 31.2. The summed E-state index contributed by atoms with van der Waals surface area (Å²) in [7, 11) is 3.39. The first-order chi connectivity index (χ1) is 21.6. The number of fused-ring (bicyclic) bond motifs is 5. The number of ether oxygens (including phenoxy) is 1. The van der Waals surface area contributed by atoms with Crippen LogP contribution >= 0.6 is 0 Å². The number of pyridine rings is 1. The standard InChI is InChI=1S/C33H34FN7O4/c1-33(37-31(43)19-9-10-19)13-12-20-14-23(33)45-24(42)11-6-17-4-7-18(8-5-17)25-26-28-22(40(3)32(44)41(20)28)15-35-30(26)36-27(25)21-16-39(2)38-29(21)34/h4-5,7-8,15-16,19-20,23H,6,9-14H2,1-3H3,(H,35,36)(H,37,43)/t20?,23-,33+/m1/s1. The molecule has 0 spiro atoms. The molecule has 2 aliphatic carbocycles. The lowest BCUT2D eigenvalue weighted by Gasteiger charge is -2.44. The molecule has 11 nitrogen and oxygen atoms in total. The highest BCUT2D eigenvalue weighted by atomic mass is 19.1. The van der Waals surface area contributed by atoms with Crippen LogP contribution in [0.15, 0.2) is 41.5 Å². The number of benzene rings is 1. The summed E-state index contributed by atoms with van der Waals surface area (Å²) in [5, 5.41) is 7.87. The Morgan fingerprint density at radius 1 is 1.13 bits per heavy atom. The normalized spacial score (nSPS) is 23.3. The molecule has 2 fully saturated rings. The van der Waals surface area contributed by atoms with E-state index in [-0.39, 0.29) is 35.9 Å². The second kappa shape index (κ2) is 9.88. The molecule has 232 valence electrons. The number of aromatic amines is 1. The topological polar surface area (TPSA) is 129 Å². The number of aryl methyl sites for hydroxylation is 3. The van der Waals surface area contributed by atoms with Crippen molar-refractivity contribution in [1.29, 1.82) is 0 Å². The fourth-order valence-electron chi connectivity index (χ4n) is 7.28. The van der Waals surface area contributed by atoms with Gasteiger partial charge in [0, 0.05) is 50.7 Å². The van der Waals surface area contributed by atoms with Crippen LogP contribution < -0.4 is 11.0 Å². The van der Waals surface area contributed by atoms with Crippen molar-refractivity contribution < 1.29 is 18.7 Å². The van der Waals surface area contributed by atoms with E-state index in [9.17, 15) is 14.4 Å². The quantitative estimate of drug-likeness (QED) is 0.293. The van der Waals surface area contributed by atoms with Gasteiger partial charge >= 0.3 is 11.7 Å². The monoisotopic (exact) mass is 611 g/mol. The third-order valence-corrected chi connectivity index (χ3v) is 9.97. The molecule has 45 heavy (non-hydrogen) atoms. The summed E-state index contributed by atoms with van der Waals surface area (Å²) < 4.78 is 26.2. The molecule has 1 aromatic carbocycles. The minimum absolute atomic E-state index is 0.00706. The van der Waals surface area contributed by atoms with Crippen molar-refractivity contribution in [2.75, 3.05) is 0 Å². The first-order valence-electron chi connectivity index (χ1n) is 15.5. The van der Waals surface area contributed by atoms with Gasteiger partial charge in [0.05, 0.1) is 39.4 Å². The maximum Gasteiger partial charge on any atom is 0.329 e. The van der Waals surface area contributed by atoms with Crippen LogP contribution in [0.2, 0.25) is 0 Å². The molecule has 4 aromatic heterocycles. The maximum atomic E-state index is 15.2. The highest BCUT2D eigenvalue weighted by molar-refractivity contribution is 6.14. The third-order valence-electron chi connectivity index (χ3n) is 9.97. The predicted molar refractivity (Wildman–Crippen MR) is 165 cm³/mol. The van der Waals surface area contributed by atoms with E-state index in [1.165, 1.54) is 4.68 Å². The van der Waals surface area contributed by atoms with E-state index in [0.29, 0.717) is 59.0 Å². The molecular formula is C33H34FN7O4. The maximum absolute atomic E-state index is 15.2. The number of hydrogen-bond acceptors (Lipinski definition) is 6. The van der Waals surface area contributed by atoms with E-state index in [1.807, 2.05) is 31.2 Å². The number of imidazole rings is 1. The summed E-state index contributed by atoms with van der Waals surface area (Å²) in [5.74, 6) is -0.963. The van der Waals surface area contributed by atoms with Gasteiger partial charge < -0.3 is 15.0 Å². The van der Waals surface area contributed by atoms with E-state index in [4.69, 9.17) is 9.72 Å². The Kier molecular flexibility index (Phi) is 6.10. The van der Waals surface area contributed by atoms with Crippen LogP contribution in [0.5, 0.6) is 0 Å². The molecule has 9 rings (SSSR count). The van der Waals surface area contributed by atoms with Crippen LogP contribution in [-0.4, -0.2) is 52.4 Å². The number of nitrogens with one attached hydrogen (secondary N) is 2. The van der Waals surface area contributed by atoms with Crippen molar-refractivity contribution in [3.05, 3.63) is 58.7 Å². The number of halogens is 1. The third kappa shape index (κ3) is 4.40. The fraction of sp³-hybridized carbons (Fsp3) is 0.424. The minimum Gasteiger partial charge on any atom is -0.460 e. The number of esters is 1. The van der Waals surface area contributed by atoms with Crippen LogP contribution in [0.3, 0.4) is 0 Å². The molecule has 4 aliphatic rings. The molecule has 6 heterocycles. The number of amides is 1. The second-order valence-electron chi connectivity index (χ2n) is 13.1. The van der Waals surface area contributed by atoms with Crippen molar-refractivity contribution in [2.24, 2.45) is 20.0 Å². The number of rotatable bonds is 3. The number of H-pyrrole nitrogens is 1. The molecule has 1 amide bonds. The highest BCUT2D eigenvalue weighted by Gasteiger charge is 2.46. The molecule has 2 saturated carbocycles. The first kappa shape index (κ1) is 27.8. The van der Waals surface area contributed by atoms with E-state index in [0.717, 1.165) is 29.5 Å². The van der Waals surface area contributed by atoms with Crippen LogP contribution in [0.1, 0.15) is 57.1 Å². The highest BCUT2D eigenvalue weighted by Crippen LogP contribution is 2.44. The lowest BCUT2D eigenvalue weighted by Crippen LogP contribution is -2.59. The predicted octanol–water partition coefficient (Wildman–Crippen LogP) is 4.29. The van der Waals surface area contributed by atoms with Crippen LogP contribution in [0.25, 0.3) is 44.5 Å². The van der Waals surface area contributed by atoms with E-state index in [2.05, 4.69) is 15.4 Å². The number of aromatic nitrogens is 6. The number of nitrogens with zero attached hydrogens (tertiary/aromatic N) is 5. The van der Waals surface area contributed by atoms with Gasteiger partial charge in [-0.1, -0.05) is 24.3 Å². The van der Waals surface area contributed by atoms with Gasteiger partial charge in [0.25, 0.3) is 0 Å². The zero-order valence-electron chi connectivity index (χ0n) is 25.4. The van der Waals surface area contributed by atoms with Gasteiger partial charge in [0.2, 0.25) is 11.9 Å². The smallest absolute Gasteiger partial charge is 0.329 e. The summed E-state index contributed by atoms with van der Waals surface area (Å²) in [6.07, 6.45) is 6.49. The van der Waals surface area contributed by atoms with E-state index in [1.54, 1.807) is 35.6 Å². The number of carbonyl (C=O) groups is 2. The molecule has 0 saturated heterocycles. The molecule has 2 aliphatic heterocycles. The van der Waals surface area contributed by atoms with Crippen LogP contribution in [0.4, 0.5) is 4.39 Å². The summed E-state index contributed by atoms with van der Waals surface area (Å²) in [4.78, 5) is 48.4. The summed E-state index contributed by atoms with van der Waals surface area (Å²) >= 11 is 0. The molecular weight excluding hydrogens is 577 g/mol. The zero-order valence-corrected chi connectivity index (χ0v) is 25.4. The Morgan fingerprint density at radius 3 is 2.62 bits per heavy atom. The van der Waals surface area contributed by atoms with Crippen molar-refractivity contribution in [3.8, 4) is 22.4 Å². The van der Waals surface area contributed by atoms with Gasteiger partial charge in [-0.05, 0) is 50.2 Å². The molecule has 0 radical (unpaired) electrons. The Hall–Kier alpha value is -4.74. The minimum atomic E-state index is -0.767. The van der Waals surface area contributed by atoms with Crippen molar-refractivity contribution in [3.63, 3.8) is 0 Å². The van der Waals surface area contributed by atoms with E-state index >= 15 is 4.39 Å². The van der Waals surface area contributed by atoms with E-state index < -0.39 is 17.6 Å². The Morgan fingerprint density at radius 2 is 1.91 bits per heavy atom. The SMILES string of the molecule is Cn1cc(-c2[nH]c3ncc4c5c3c2-c2ccc(cc2)CCC(=O)O[C@@H]2CC(CC[C@]2(C)NC(=O)C2CC2)n5c(=O)n4C)c(F)n1. The summed E-state index contributed by atoms with van der Waals surface area (Å²) in [5.41, 5.74) is 4.14. The fourth-order valence-corrected chi connectivity index (χ4v) is 7.28. The summed E-state index contributed by atoms with van der Waals surface area (Å²) in [6.45, 7) is 1.95. The first-order valence-corrected chi connectivity index (χ1v) is 15.5. The van der Waals surface area contributed by atoms with Gasteiger partial charge in [0.15, 0.2) is 0 Å². The molecule has 3 atom stereocenters. The van der Waals surface area contributed by atoms with Crippen LogP contribution in [0, 0.1) is 11.9 Å². The molecule has 5 aromatic rings. The van der Waals surface area contributed by atoms with Crippen molar-refractivity contribution in [2.45, 2.75) is 69.6 Å². The molecule has 2 N–H and O–H groups in total. The Balaban J connectivity index is 1.38. The van der Waals surface area contributed by atoms with Gasteiger partial charge in [-0.15, -0.1) is 5.10 Å². The molecule has 4 bridgehead atoms. The van der Waals surface area contributed by atoms with Crippen molar-refractivity contribution >= 4 is 33.9 Å². The molecule has 12 heteroatoms. The van der Waals surface area contributed by atoms with Crippen molar-refractivity contribution in [1.82, 2.24) is 34.2 Å². The lowest BCUT2D eigenvalue weighted by molar-refractivity contribution is -0.158. The number of carbonyl (C=O) groups excluding carboxylic acids is 2. The van der Waals surface area contributed by atoms with Gasteiger partial charge in [-0.2, -0.15) is 4.39 Å². The average molecular weight is 612 g/mol. The largest absolute Gasteiger partial charge is 0.460 e. The van der Waals surface area contributed by atoms with Crippen LogP contribution in [-0.2, 0) is 34.8 Å². The molecule has 1 unspecified atom stereocenters. The Bertz CT molecular complexity index is 2080. The number of hydrogen-bond donors (Lipinski definition) is 2. The van der Waals surface area contributed by atoms with Gasteiger partial charge in [-0.25, -0.2) is 9.78 Å². The summed E-state index contributed by atoms with van der Waals surface area (Å²) in [6, 6.07) is 7.48. The Labute approximate surface area is 257 Å². The van der Waals surface area contributed by atoms with Gasteiger partial charge in [0.1, 0.15) is 11.8 Å².